The Morgan fingerprint density at radius 1 is 0.814 bits per heavy atom. The second-order valence-corrected chi connectivity index (χ2v) is 19.7. The Morgan fingerprint density at radius 2 is 1.51 bits per heavy atom. The number of aliphatic hydroxyl groups excluding tert-OH is 1. The first-order valence-corrected chi connectivity index (χ1v) is 22.2. The topological polar surface area (TPSA) is 96.3 Å². The number of carbonyl (C=O) groups is 2. The Morgan fingerprint density at radius 3 is 2.22 bits per heavy atom. The molecule has 0 aliphatic heterocycles. The molecule has 59 heavy (non-hydrogen) atoms. The largest absolute Gasteiger partial charge is 0.497 e. The molecule has 2 N–H and O–H groups in total. The van der Waals surface area contributed by atoms with Crippen molar-refractivity contribution in [1.29, 1.82) is 0 Å². The molecule has 0 radical (unpaired) electrons. The summed E-state index contributed by atoms with van der Waals surface area (Å²) in [5.41, 5.74) is 2.35. The Kier molecular flexibility index (Phi) is 10.7. The van der Waals surface area contributed by atoms with Gasteiger partial charge in [-0.1, -0.05) is 61.0 Å². The third-order valence-electron chi connectivity index (χ3n) is 15.6. The fourth-order valence-electron chi connectivity index (χ4n) is 12.9. The van der Waals surface area contributed by atoms with E-state index in [4.69, 9.17) is 9.47 Å². The number of nitrogens with zero attached hydrogens (tertiary/aromatic N) is 1. The van der Waals surface area contributed by atoms with E-state index < -0.39 is 23.2 Å². The van der Waals surface area contributed by atoms with Crippen LogP contribution < -0.4 is 9.47 Å². The predicted octanol–water partition coefficient (Wildman–Crippen LogP) is 10.8. The lowest BCUT2D eigenvalue weighted by atomic mass is 9.49. The molecule has 0 saturated heterocycles. The lowest BCUT2D eigenvalue weighted by Crippen LogP contribution is -2.58. The minimum absolute atomic E-state index is 0.0356. The molecule has 0 aromatic heterocycles. The molecule has 0 spiro atoms. The van der Waals surface area contributed by atoms with Gasteiger partial charge < -0.3 is 24.6 Å². The fourth-order valence-corrected chi connectivity index (χ4v) is 12.9. The summed E-state index contributed by atoms with van der Waals surface area (Å²) in [6.45, 7) is 5.09. The second-order valence-electron chi connectivity index (χ2n) is 19.7. The monoisotopic (exact) mass is 795 g/mol. The molecule has 7 aliphatic rings. The molecular weight excluding hydrogens is 735 g/mol. The standard InChI is InChI=1S/C52H61NO6/c1-34-7-6-21-50(2)47(45-19-11-35(26-42(54)15-10-34)27-46(45)48(55)40-13-16-43(58-3)17-14-40)20-22-52(50,57)33-53(32-51-29-36-23-37(30-51)25-38(24-36)31-51)49(56)59-44-18-12-39-8-4-5-9-41(39)28-44/h4-5,7-9,11-14,16-19,27-28,36-38,42,47,54,57H,6,10,15,20-26,29-33H2,1-3H3/t36?,37?,38?,42-,47-,50-,51?,52+/m0/s1. The van der Waals surface area contributed by atoms with E-state index in [1.54, 1.807) is 7.11 Å². The van der Waals surface area contributed by atoms with Gasteiger partial charge in [0.25, 0.3) is 0 Å². The highest BCUT2D eigenvalue weighted by Gasteiger charge is 2.59. The number of fused-ring (bicyclic) bond motifs is 9. The summed E-state index contributed by atoms with van der Waals surface area (Å²) in [5.74, 6) is 3.11. The number of benzene rings is 4. The van der Waals surface area contributed by atoms with Gasteiger partial charge in [0.15, 0.2) is 5.78 Å². The Labute approximate surface area is 349 Å². The number of amides is 1. The maximum Gasteiger partial charge on any atom is 0.415 e. The van der Waals surface area contributed by atoms with Crippen molar-refractivity contribution in [2.75, 3.05) is 20.2 Å². The summed E-state index contributed by atoms with van der Waals surface area (Å²) in [6.07, 6.45) is 13.2. The summed E-state index contributed by atoms with van der Waals surface area (Å²) in [7, 11) is 1.62. The number of hydrogen-bond acceptors (Lipinski definition) is 6. The van der Waals surface area contributed by atoms with E-state index in [-0.39, 0.29) is 23.7 Å². The zero-order valence-electron chi connectivity index (χ0n) is 35.1. The van der Waals surface area contributed by atoms with Crippen molar-refractivity contribution >= 4 is 22.6 Å². The van der Waals surface area contributed by atoms with Crippen LogP contribution >= 0.6 is 0 Å². The van der Waals surface area contributed by atoms with E-state index in [0.29, 0.717) is 61.3 Å². The molecule has 1 amide bonds. The van der Waals surface area contributed by atoms with Gasteiger partial charge >= 0.3 is 6.09 Å². The molecule has 7 aliphatic carbocycles. The number of rotatable bonds is 8. The van der Waals surface area contributed by atoms with Crippen LogP contribution in [0.25, 0.3) is 10.8 Å². The van der Waals surface area contributed by atoms with Crippen LogP contribution in [0.5, 0.6) is 11.5 Å². The second kappa shape index (κ2) is 15.9. The molecule has 7 heteroatoms. The lowest BCUT2D eigenvalue weighted by molar-refractivity contribution is -0.101. The molecule has 4 atom stereocenters. The van der Waals surface area contributed by atoms with E-state index in [9.17, 15) is 19.8 Å². The summed E-state index contributed by atoms with van der Waals surface area (Å²) in [5, 5.41) is 26.6. The first-order valence-electron chi connectivity index (χ1n) is 22.2. The van der Waals surface area contributed by atoms with Crippen LogP contribution in [-0.2, 0) is 6.42 Å². The molecule has 310 valence electrons. The minimum Gasteiger partial charge on any atom is -0.497 e. The fraction of sp³-hybridized carbons (Fsp3) is 0.500. The van der Waals surface area contributed by atoms with Gasteiger partial charge in [-0.2, -0.15) is 0 Å². The highest BCUT2D eigenvalue weighted by atomic mass is 16.6. The summed E-state index contributed by atoms with van der Waals surface area (Å²) in [6, 6.07) is 27.3. The highest BCUT2D eigenvalue weighted by molar-refractivity contribution is 6.10. The molecule has 5 fully saturated rings. The first kappa shape index (κ1) is 40.0. The number of ether oxygens (including phenoxy) is 2. The van der Waals surface area contributed by atoms with Crippen LogP contribution in [0.2, 0.25) is 0 Å². The lowest BCUT2D eigenvalue weighted by Gasteiger charge is -2.58. The van der Waals surface area contributed by atoms with Gasteiger partial charge in [0.05, 0.1) is 25.4 Å². The van der Waals surface area contributed by atoms with Crippen molar-refractivity contribution in [2.24, 2.45) is 28.6 Å². The van der Waals surface area contributed by atoms with Crippen molar-refractivity contribution in [3.8, 4) is 11.5 Å². The van der Waals surface area contributed by atoms with Gasteiger partial charge in [-0.05, 0) is 184 Å². The van der Waals surface area contributed by atoms with Crippen molar-refractivity contribution < 1.29 is 29.3 Å². The van der Waals surface area contributed by atoms with E-state index >= 15 is 0 Å². The van der Waals surface area contributed by atoms with Gasteiger partial charge in [-0.15, -0.1) is 0 Å². The van der Waals surface area contributed by atoms with Gasteiger partial charge in [0, 0.05) is 23.1 Å². The van der Waals surface area contributed by atoms with Crippen LogP contribution in [0.4, 0.5) is 4.79 Å². The molecule has 4 aromatic rings. The first-order chi connectivity index (χ1) is 28.4. The zero-order valence-corrected chi connectivity index (χ0v) is 35.1. The number of hydrogen-bond donors (Lipinski definition) is 2. The average molecular weight is 796 g/mol. The number of aliphatic hydroxyl groups is 2. The smallest absolute Gasteiger partial charge is 0.415 e. The minimum atomic E-state index is -1.25. The van der Waals surface area contributed by atoms with E-state index in [0.717, 1.165) is 71.8 Å². The molecule has 0 heterocycles. The van der Waals surface area contributed by atoms with E-state index in [1.165, 1.54) is 24.8 Å². The van der Waals surface area contributed by atoms with Crippen LogP contribution in [0.15, 0.2) is 96.6 Å². The maximum absolute atomic E-state index is 14.8. The molecule has 6 bridgehead atoms. The maximum atomic E-state index is 14.8. The van der Waals surface area contributed by atoms with E-state index in [1.807, 2.05) is 71.6 Å². The third kappa shape index (κ3) is 7.86. The Balaban J connectivity index is 1.09. The van der Waals surface area contributed by atoms with E-state index in [2.05, 4.69) is 38.1 Å². The van der Waals surface area contributed by atoms with Crippen molar-refractivity contribution in [3.05, 3.63) is 119 Å². The van der Waals surface area contributed by atoms with Crippen molar-refractivity contribution in [3.63, 3.8) is 0 Å². The van der Waals surface area contributed by atoms with Crippen LogP contribution in [0.3, 0.4) is 0 Å². The quantitative estimate of drug-likeness (QED) is 0.136. The number of carbonyl (C=O) groups excluding carboxylic acids is 2. The molecule has 5 saturated carbocycles. The predicted molar refractivity (Wildman–Crippen MR) is 232 cm³/mol. The summed E-state index contributed by atoms with van der Waals surface area (Å²) >= 11 is 0. The normalized spacial score (nSPS) is 31.3. The SMILES string of the molecule is COc1ccc(C(=O)c2cc3ccc2[C@@H]2CC[C@@](O)(CN(CC45CC6CC(CC(C6)C4)C5)C(=O)Oc4ccc5ccccc5c4)[C@@]2(C)CCC=C(C)CC[C@H](O)C3)cc1. The third-order valence-corrected chi connectivity index (χ3v) is 15.6. The Bertz CT molecular complexity index is 2210. The molecular formula is C52H61NO6. The summed E-state index contributed by atoms with van der Waals surface area (Å²) < 4.78 is 11.7. The molecule has 0 unspecified atom stereocenters. The van der Waals surface area contributed by atoms with Gasteiger partial charge in [0.1, 0.15) is 11.5 Å². The number of allylic oxidation sites excluding steroid dienone is 2. The van der Waals surface area contributed by atoms with Gasteiger partial charge in [-0.25, -0.2) is 4.79 Å². The average Bonchev–Trinajstić information content (AvgIpc) is 3.47. The van der Waals surface area contributed by atoms with Crippen LogP contribution in [0.1, 0.15) is 124 Å². The van der Waals surface area contributed by atoms with Crippen molar-refractivity contribution in [1.82, 2.24) is 4.90 Å². The zero-order chi connectivity index (χ0) is 40.9. The number of methoxy groups -OCH3 is 1. The molecule has 4 aromatic carbocycles. The van der Waals surface area contributed by atoms with Gasteiger partial charge in [-0.3, -0.25) is 4.79 Å². The van der Waals surface area contributed by atoms with Gasteiger partial charge in [0.2, 0.25) is 0 Å². The molecule has 11 rings (SSSR count). The van der Waals surface area contributed by atoms with Crippen LogP contribution in [-0.4, -0.2) is 58.9 Å². The van der Waals surface area contributed by atoms with Crippen LogP contribution in [0, 0.1) is 28.6 Å². The number of ketones is 1. The summed E-state index contributed by atoms with van der Waals surface area (Å²) in [4.78, 5) is 31.3. The Hall–Kier alpha value is -4.46. The molecule has 7 nitrogen and oxygen atoms in total. The van der Waals surface area contributed by atoms with Crippen molar-refractivity contribution in [2.45, 2.75) is 115 Å². The highest BCUT2D eigenvalue weighted by Crippen LogP contribution is 2.62.